The fourth-order valence-electron chi connectivity index (χ4n) is 3.06. The molecule has 9 heteroatoms. The van der Waals surface area contributed by atoms with Gasteiger partial charge in [0.1, 0.15) is 5.65 Å². The third-order valence-electron chi connectivity index (χ3n) is 4.45. The molecule has 136 valence electrons. The Bertz CT molecular complexity index is 1230. The first kappa shape index (κ1) is 16.7. The average Bonchev–Trinajstić information content (AvgIpc) is 3.29. The molecule has 0 aromatic carbocycles. The van der Waals surface area contributed by atoms with Crippen molar-refractivity contribution >= 4 is 11.6 Å². The quantitative estimate of drug-likeness (QED) is 0.570. The number of pyridine rings is 1. The number of aromatic amines is 1. The van der Waals surface area contributed by atoms with Crippen molar-refractivity contribution < 1.29 is 9.90 Å². The monoisotopic (exact) mass is 364 g/mol. The molecule has 0 bridgehead atoms. The molecular formula is C18H16N6O3. The molecule has 4 heterocycles. The molecule has 2 N–H and O–H groups in total. The number of hydrogen-bond donors (Lipinski definition) is 2. The first-order valence-corrected chi connectivity index (χ1v) is 8.34. The van der Waals surface area contributed by atoms with Crippen LogP contribution in [0.4, 0.5) is 0 Å². The summed E-state index contributed by atoms with van der Waals surface area (Å²) in [6.07, 6.45) is 6.98. The SMILES string of the molecule is CCc1c(C)[nH]c2c(-c3cnn(-c4cc(C(=O)O)ccn4)c3)cnn2c1=O. The fourth-order valence-corrected chi connectivity index (χ4v) is 3.06. The Hall–Kier alpha value is -3.75. The van der Waals surface area contributed by atoms with Crippen molar-refractivity contribution in [1.29, 1.82) is 0 Å². The van der Waals surface area contributed by atoms with Gasteiger partial charge in [0.2, 0.25) is 0 Å². The molecule has 0 saturated heterocycles. The zero-order chi connectivity index (χ0) is 19.1. The lowest BCUT2D eigenvalue weighted by Gasteiger charge is -2.04. The molecule has 27 heavy (non-hydrogen) atoms. The van der Waals surface area contributed by atoms with Gasteiger partial charge < -0.3 is 10.1 Å². The number of rotatable bonds is 4. The summed E-state index contributed by atoms with van der Waals surface area (Å²) in [4.78, 5) is 31.1. The molecule has 0 atom stereocenters. The van der Waals surface area contributed by atoms with Crippen LogP contribution in [0.15, 0.2) is 41.7 Å². The van der Waals surface area contributed by atoms with Gasteiger partial charge in [0.15, 0.2) is 5.82 Å². The topological polar surface area (TPSA) is 118 Å². The summed E-state index contributed by atoms with van der Waals surface area (Å²) in [5.74, 6) is -0.649. The van der Waals surface area contributed by atoms with Crippen molar-refractivity contribution in [1.82, 2.24) is 29.4 Å². The largest absolute Gasteiger partial charge is 0.478 e. The van der Waals surface area contributed by atoms with Crippen LogP contribution < -0.4 is 5.56 Å². The highest BCUT2D eigenvalue weighted by Gasteiger charge is 2.15. The van der Waals surface area contributed by atoms with E-state index in [0.29, 0.717) is 23.4 Å². The number of H-pyrrole nitrogens is 1. The minimum Gasteiger partial charge on any atom is -0.478 e. The van der Waals surface area contributed by atoms with Crippen molar-refractivity contribution in [2.75, 3.05) is 0 Å². The molecule has 0 aliphatic carbocycles. The van der Waals surface area contributed by atoms with Crippen molar-refractivity contribution in [2.24, 2.45) is 0 Å². The Kier molecular flexibility index (Phi) is 3.84. The van der Waals surface area contributed by atoms with Gasteiger partial charge in [-0.05, 0) is 25.5 Å². The van der Waals surface area contributed by atoms with Crippen molar-refractivity contribution in [2.45, 2.75) is 20.3 Å². The van der Waals surface area contributed by atoms with Crippen LogP contribution in [-0.4, -0.2) is 40.4 Å². The van der Waals surface area contributed by atoms with E-state index in [4.69, 9.17) is 5.11 Å². The summed E-state index contributed by atoms with van der Waals surface area (Å²) in [5, 5.41) is 17.6. The zero-order valence-corrected chi connectivity index (χ0v) is 14.7. The van der Waals surface area contributed by atoms with Gasteiger partial charge in [-0.3, -0.25) is 4.79 Å². The average molecular weight is 364 g/mol. The lowest BCUT2D eigenvalue weighted by Crippen LogP contribution is -2.21. The van der Waals surface area contributed by atoms with Crippen LogP contribution in [0.5, 0.6) is 0 Å². The second-order valence-corrected chi connectivity index (χ2v) is 6.09. The Morgan fingerprint density at radius 3 is 2.85 bits per heavy atom. The van der Waals surface area contributed by atoms with Gasteiger partial charge in [0.05, 0.1) is 18.0 Å². The molecule has 4 aromatic heterocycles. The second-order valence-electron chi connectivity index (χ2n) is 6.09. The molecule has 0 spiro atoms. The number of nitrogens with one attached hydrogen (secondary N) is 1. The Labute approximate surface area is 152 Å². The number of fused-ring (bicyclic) bond motifs is 1. The molecule has 0 unspecified atom stereocenters. The van der Waals surface area contributed by atoms with Crippen LogP contribution in [0.25, 0.3) is 22.6 Å². The first-order valence-electron chi connectivity index (χ1n) is 8.34. The van der Waals surface area contributed by atoms with E-state index in [9.17, 15) is 9.59 Å². The van der Waals surface area contributed by atoms with E-state index in [2.05, 4.69) is 20.2 Å². The number of aryl methyl sites for hydroxylation is 1. The van der Waals surface area contributed by atoms with Gasteiger partial charge in [-0.2, -0.15) is 14.7 Å². The maximum Gasteiger partial charge on any atom is 0.335 e. The molecule has 0 fully saturated rings. The van der Waals surface area contributed by atoms with E-state index in [1.54, 1.807) is 18.6 Å². The third kappa shape index (κ3) is 2.69. The highest BCUT2D eigenvalue weighted by Crippen LogP contribution is 2.23. The predicted molar refractivity (Wildman–Crippen MR) is 97.2 cm³/mol. The Morgan fingerprint density at radius 2 is 2.11 bits per heavy atom. The van der Waals surface area contributed by atoms with E-state index in [-0.39, 0.29) is 11.1 Å². The van der Waals surface area contributed by atoms with Crippen molar-refractivity contribution in [3.05, 3.63) is 64.1 Å². The maximum absolute atomic E-state index is 12.5. The van der Waals surface area contributed by atoms with E-state index >= 15 is 0 Å². The minimum absolute atomic E-state index is 0.125. The summed E-state index contributed by atoms with van der Waals surface area (Å²) >= 11 is 0. The van der Waals surface area contributed by atoms with Gasteiger partial charge in [0, 0.05) is 34.8 Å². The van der Waals surface area contributed by atoms with Crippen LogP contribution >= 0.6 is 0 Å². The van der Waals surface area contributed by atoms with Crippen LogP contribution in [0.1, 0.15) is 28.5 Å². The summed E-state index contributed by atoms with van der Waals surface area (Å²) in [7, 11) is 0. The van der Waals surface area contributed by atoms with Gasteiger partial charge in [0.25, 0.3) is 5.56 Å². The van der Waals surface area contributed by atoms with Crippen LogP contribution in [-0.2, 0) is 6.42 Å². The van der Waals surface area contributed by atoms with E-state index in [1.165, 1.54) is 27.5 Å². The standard InChI is InChI=1S/C18H16N6O3/c1-3-13-10(2)22-16-14(8-21-24(16)17(13)25)12-7-20-23(9-12)15-6-11(18(26)27)4-5-19-15/h4-9,22H,3H2,1-2H3,(H,26,27). The molecule has 0 radical (unpaired) electrons. The molecule has 4 aromatic rings. The van der Waals surface area contributed by atoms with Gasteiger partial charge in [-0.1, -0.05) is 6.92 Å². The first-order chi connectivity index (χ1) is 13.0. The number of hydrogen-bond acceptors (Lipinski definition) is 5. The molecule has 4 rings (SSSR count). The van der Waals surface area contributed by atoms with Gasteiger partial charge >= 0.3 is 5.97 Å². The highest BCUT2D eigenvalue weighted by molar-refractivity contribution is 5.87. The van der Waals surface area contributed by atoms with Crippen LogP contribution in [0.3, 0.4) is 0 Å². The molecule has 9 nitrogen and oxygen atoms in total. The van der Waals surface area contributed by atoms with E-state index in [0.717, 1.165) is 16.8 Å². The summed E-state index contributed by atoms with van der Waals surface area (Å²) in [5.41, 5.74) is 3.52. The lowest BCUT2D eigenvalue weighted by atomic mass is 10.1. The number of aromatic carboxylic acids is 1. The molecule has 0 amide bonds. The van der Waals surface area contributed by atoms with Crippen molar-refractivity contribution in [3.8, 4) is 16.9 Å². The molecular weight excluding hydrogens is 348 g/mol. The maximum atomic E-state index is 12.5. The summed E-state index contributed by atoms with van der Waals surface area (Å²) in [6, 6.07) is 2.86. The predicted octanol–water partition coefficient (Wildman–Crippen LogP) is 1.84. The minimum atomic E-state index is -1.03. The van der Waals surface area contributed by atoms with Gasteiger partial charge in [-0.25, -0.2) is 14.5 Å². The summed E-state index contributed by atoms with van der Waals surface area (Å²) in [6.45, 7) is 3.79. The normalized spacial score (nSPS) is 11.2. The number of carboxylic acid groups (broad SMARTS) is 1. The number of carboxylic acids is 1. The van der Waals surface area contributed by atoms with E-state index in [1.807, 2.05) is 13.8 Å². The van der Waals surface area contributed by atoms with Gasteiger partial charge in [-0.15, -0.1) is 0 Å². The number of aromatic nitrogens is 6. The fraction of sp³-hybridized carbons (Fsp3) is 0.167. The van der Waals surface area contributed by atoms with E-state index < -0.39 is 5.97 Å². The number of nitrogens with zero attached hydrogens (tertiary/aromatic N) is 5. The highest BCUT2D eigenvalue weighted by atomic mass is 16.4. The molecule has 0 aliphatic rings. The lowest BCUT2D eigenvalue weighted by molar-refractivity contribution is 0.0696. The Morgan fingerprint density at radius 1 is 1.30 bits per heavy atom. The van der Waals surface area contributed by atoms with Crippen LogP contribution in [0.2, 0.25) is 0 Å². The molecule has 0 saturated carbocycles. The second kappa shape index (κ2) is 6.20. The summed E-state index contributed by atoms with van der Waals surface area (Å²) < 4.78 is 2.83. The number of carbonyl (C=O) groups is 1. The zero-order valence-electron chi connectivity index (χ0n) is 14.7. The van der Waals surface area contributed by atoms with Crippen molar-refractivity contribution in [3.63, 3.8) is 0 Å². The third-order valence-corrected chi connectivity index (χ3v) is 4.45. The Balaban J connectivity index is 1.81. The molecule has 0 aliphatic heterocycles. The smallest absolute Gasteiger partial charge is 0.335 e. The van der Waals surface area contributed by atoms with Crippen LogP contribution in [0, 0.1) is 6.92 Å².